The van der Waals surface area contributed by atoms with E-state index >= 15 is 0 Å². The zero-order valence-corrected chi connectivity index (χ0v) is 59.9. The molecule has 2 unspecified atom stereocenters. The van der Waals surface area contributed by atoms with Crippen LogP contribution in [0.3, 0.4) is 0 Å². The number of halogens is 1. The fourth-order valence-corrected chi connectivity index (χ4v) is 14.3. The van der Waals surface area contributed by atoms with Crippen LogP contribution in [0.5, 0.6) is 0 Å². The summed E-state index contributed by atoms with van der Waals surface area (Å²) in [5.74, 6) is 0.179. The highest BCUT2D eigenvalue weighted by Crippen LogP contribution is 2.49. The summed E-state index contributed by atoms with van der Waals surface area (Å²) in [5.41, 5.74) is 4.89. The van der Waals surface area contributed by atoms with Gasteiger partial charge >= 0.3 is 11.4 Å². The molecule has 2 aromatic heterocycles. The molecule has 4 rings (SSSR count). The SMILES string of the molecule is CC(C)(C)[Si](C)(C)OC[C@H]1O[C@@H](n2ccc(Cl)nc2=O)[C@@H](O[Si](C)(C)C(C)(C)C)C1O[Si](C)(C)C(C)(C)C.CC(C)(C)[Si](C)(C)OC[C@H]1O[C@@H](n2ccc(N)nc2=O)[C@@H](O[Si](C)(C)C(C)(C)C)C1O[Si](C)(C)C(C)(C)C. The number of anilines is 1. The van der Waals surface area contributed by atoms with Crippen molar-refractivity contribution in [2.75, 3.05) is 18.9 Å². The molecule has 4 heterocycles. The van der Waals surface area contributed by atoms with Crippen molar-refractivity contribution in [3.05, 3.63) is 50.6 Å². The van der Waals surface area contributed by atoms with Crippen molar-refractivity contribution in [3.8, 4) is 0 Å². The van der Waals surface area contributed by atoms with Gasteiger partial charge in [0, 0.05) is 12.4 Å². The highest BCUT2D eigenvalue weighted by Gasteiger charge is 2.57. The van der Waals surface area contributed by atoms with Crippen molar-refractivity contribution in [1.82, 2.24) is 19.1 Å². The number of hydrogen-bond acceptors (Lipinski definition) is 13. The van der Waals surface area contributed by atoms with Gasteiger partial charge in [-0.05, 0) is 121 Å². The summed E-state index contributed by atoms with van der Waals surface area (Å²) in [4.78, 5) is 34.0. The van der Waals surface area contributed by atoms with Crippen molar-refractivity contribution in [3.63, 3.8) is 0 Å². The van der Waals surface area contributed by atoms with E-state index in [1.54, 1.807) is 24.5 Å². The summed E-state index contributed by atoms with van der Waals surface area (Å²) in [7, 11) is -13.2. The number of hydrogen-bond donors (Lipinski definition) is 1. The highest BCUT2D eigenvalue weighted by atomic mass is 35.5. The number of ether oxygens (including phenoxy) is 2. The van der Waals surface area contributed by atoms with Gasteiger partial charge in [-0.15, -0.1) is 0 Å². The second kappa shape index (κ2) is 23.6. The Morgan fingerprint density at radius 2 is 0.724 bits per heavy atom. The Morgan fingerprint density at radius 3 is 0.987 bits per heavy atom. The third-order valence-corrected chi connectivity index (χ3v) is 45.7. The average molecular weight is 1190 g/mol. The third-order valence-electron chi connectivity index (χ3n) is 18.5. The largest absolute Gasteiger partial charge is 0.414 e. The lowest BCUT2D eigenvalue weighted by atomic mass is 10.1. The lowest BCUT2D eigenvalue weighted by molar-refractivity contribution is -0.0509. The molecule has 2 fully saturated rings. The van der Waals surface area contributed by atoms with E-state index in [1.807, 2.05) is 0 Å². The first-order chi connectivity index (χ1) is 33.6. The Morgan fingerprint density at radius 1 is 0.461 bits per heavy atom. The monoisotopic (exact) mass is 1190 g/mol. The van der Waals surface area contributed by atoms with Crippen molar-refractivity contribution in [1.29, 1.82) is 0 Å². The molecule has 8 atom stereocenters. The molecule has 2 aliphatic rings. The van der Waals surface area contributed by atoms with Crippen LogP contribution in [-0.2, 0) is 36.0 Å². The minimum Gasteiger partial charge on any atom is -0.414 e. The van der Waals surface area contributed by atoms with E-state index in [0.717, 1.165) is 0 Å². The van der Waals surface area contributed by atoms with Gasteiger partial charge in [0.2, 0.25) is 0 Å². The van der Waals surface area contributed by atoms with Gasteiger partial charge in [-0.2, -0.15) is 9.97 Å². The van der Waals surface area contributed by atoms with Crippen LogP contribution in [0.25, 0.3) is 0 Å². The molecule has 0 aliphatic carbocycles. The standard InChI is InChI=1S/C27H53ClN2O5Si3.C27H55N3O5Si3/c2*1-25(2,3)36(10,11)32-18-19-21(34-37(12,13)26(4,5)6)22(35-38(14,15)27(7,8)9)23(33-19)30-17-16-20(28)29-24(30)31/h16-17,19,21-23H,18H2,1-15H3;16-17,19,21-23H,18H2,1-15H3,(H2,28,29,31)/t2*19-,21?,22+,23-/m11/s1. The van der Waals surface area contributed by atoms with E-state index in [2.05, 4.69) is 213 Å². The van der Waals surface area contributed by atoms with Crippen LogP contribution < -0.4 is 17.1 Å². The summed E-state index contributed by atoms with van der Waals surface area (Å²) in [5, 5.41) is 0.132. The second-order valence-electron chi connectivity index (χ2n) is 30.6. The van der Waals surface area contributed by atoms with E-state index in [0.29, 0.717) is 13.2 Å². The van der Waals surface area contributed by atoms with Gasteiger partial charge in [-0.1, -0.05) is 136 Å². The molecule has 440 valence electrons. The summed E-state index contributed by atoms with van der Waals surface area (Å²) < 4.78 is 58.0. The Hall–Kier alpha value is -1.17. The smallest absolute Gasteiger partial charge is 0.351 e. The molecule has 0 radical (unpaired) electrons. The van der Waals surface area contributed by atoms with Gasteiger partial charge in [-0.3, -0.25) is 9.13 Å². The Bertz CT molecular complexity index is 2210. The third kappa shape index (κ3) is 16.5. The lowest BCUT2D eigenvalue weighted by Crippen LogP contribution is -2.54. The number of aromatic nitrogens is 4. The van der Waals surface area contributed by atoms with Gasteiger partial charge in [0.05, 0.1) is 13.2 Å². The topological polar surface area (TPSA) is 170 Å². The molecule has 0 bridgehead atoms. The number of nitrogens with zero attached hydrogens (tertiary/aromatic N) is 4. The van der Waals surface area contributed by atoms with Crippen molar-refractivity contribution in [2.45, 2.75) is 283 Å². The Kier molecular flexibility index (Phi) is 21.5. The zero-order valence-electron chi connectivity index (χ0n) is 53.2. The van der Waals surface area contributed by atoms with E-state index in [-0.39, 0.29) is 41.2 Å². The second-order valence-corrected chi connectivity index (χ2v) is 59.7. The fourth-order valence-electron chi connectivity index (χ4n) is 6.95. The van der Waals surface area contributed by atoms with Crippen LogP contribution in [0.4, 0.5) is 5.82 Å². The predicted molar refractivity (Wildman–Crippen MR) is 329 cm³/mol. The van der Waals surface area contributed by atoms with Crippen LogP contribution >= 0.6 is 11.6 Å². The molecular weight excluding hydrogens is 1080 g/mol. The van der Waals surface area contributed by atoms with E-state index in [9.17, 15) is 9.59 Å². The van der Waals surface area contributed by atoms with E-state index < -0.39 is 110 Å². The number of rotatable bonds is 16. The minimum absolute atomic E-state index is 0.0168. The summed E-state index contributed by atoms with van der Waals surface area (Å²) in [6.45, 7) is 67.5. The van der Waals surface area contributed by atoms with Crippen LogP contribution in [0.15, 0.2) is 34.1 Å². The molecule has 15 nitrogen and oxygen atoms in total. The molecule has 22 heteroatoms. The van der Waals surface area contributed by atoms with Gasteiger partial charge in [-0.25, -0.2) is 9.59 Å². The molecule has 76 heavy (non-hydrogen) atoms. The van der Waals surface area contributed by atoms with E-state index in [4.69, 9.17) is 53.4 Å². The van der Waals surface area contributed by atoms with Crippen LogP contribution in [0, 0.1) is 0 Å². The Labute approximate surface area is 471 Å². The van der Waals surface area contributed by atoms with Gasteiger partial charge < -0.3 is 41.8 Å². The quantitative estimate of drug-likeness (QED) is 0.125. The first kappa shape index (κ1) is 69.1. The number of nitrogens with two attached hydrogens (primary N) is 1. The average Bonchev–Trinajstić information content (AvgIpc) is 3.68. The molecular formula is C54H108ClN5O10Si6. The zero-order chi connectivity index (χ0) is 59.4. The van der Waals surface area contributed by atoms with E-state index in [1.165, 1.54) is 9.13 Å². The summed E-state index contributed by atoms with van der Waals surface area (Å²) in [6.07, 6.45) is -0.714. The fraction of sp³-hybridized carbons (Fsp3) is 0.852. The maximum absolute atomic E-state index is 13.0. The van der Waals surface area contributed by atoms with Crippen LogP contribution in [-0.4, -0.2) is 119 Å². The molecule has 0 saturated carbocycles. The van der Waals surface area contributed by atoms with Crippen LogP contribution in [0.1, 0.15) is 137 Å². The molecule has 0 aromatic carbocycles. The van der Waals surface area contributed by atoms with Crippen LogP contribution in [0.2, 0.25) is 114 Å². The molecule has 2 N–H and O–H groups in total. The molecule has 2 aliphatic heterocycles. The molecule has 2 aromatic rings. The minimum atomic E-state index is -2.29. The Balaban J connectivity index is 0.000000400. The maximum Gasteiger partial charge on any atom is 0.351 e. The van der Waals surface area contributed by atoms with Gasteiger partial charge in [0.25, 0.3) is 0 Å². The first-order valence-corrected chi connectivity index (χ1v) is 45.3. The molecule has 2 saturated heterocycles. The lowest BCUT2D eigenvalue weighted by Gasteiger charge is -2.44. The first-order valence-electron chi connectivity index (χ1n) is 27.5. The van der Waals surface area contributed by atoms with Crippen molar-refractivity contribution in [2.24, 2.45) is 0 Å². The predicted octanol–water partition coefficient (Wildman–Crippen LogP) is 14.1. The normalized spacial score (nSPS) is 24.2. The highest BCUT2D eigenvalue weighted by molar-refractivity contribution is 6.76. The molecule has 0 spiro atoms. The maximum atomic E-state index is 13.0. The van der Waals surface area contributed by atoms with Crippen molar-refractivity contribution >= 4 is 67.3 Å². The van der Waals surface area contributed by atoms with Gasteiger partial charge in [0.1, 0.15) is 47.6 Å². The van der Waals surface area contributed by atoms with Gasteiger partial charge in [0.15, 0.2) is 62.4 Å². The summed E-state index contributed by atoms with van der Waals surface area (Å²) in [6, 6.07) is 3.23. The number of nitrogen functional groups attached to an aromatic ring is 1. The van der Waals surface area contributed by atoms with Crippen molar-refractivity contribution < 1.29 is 36.0 Å². The summed E-state index contributed by atoms with van der Waals surface area (Å²) >= 11 is 6.04. The molecule has 0 amide bonds.